The maximum Gasteiger partial charge on any atom is 0.253 e. The number of H-pyrrole nitrogens is 1. The first-order chi connectivity index (χ1) is 17.1. The topological polar surface area (TPSA) is 75.8 Å². The van der Waals surface area contributed by atoms with E-state index in [-0.39, 0.29) is 12.4 Å². The Bertz CT molecular complexity index is 1270. The lowest BCUT2D eigenvalue weighted by molar-refractivity contribution is 0.174. The molecular formula is C27H31N3O4S. The molecule has 1 fully saturated rings. The molecule has 2 aromatic carbocycles. The van der Waals surface area contributed by atoms with Gasteiger partial charge in [-0.15, -0.1) is 0 Å². The van der Waals surface area contributed by atoms with Crippen LogP contribution < -0.4 is 25.1 Å². The highest BCUT2D eigenvalue weighted by Crippen LogP contribution is 2.33. The Morgan fingerprint density at radius 3 is 2.74 bits per heavy atom. The lowest BCUT2D eigenvalue weighted by Gasteiger charge is -2.31. The summed E-state index contributed by atoms with van der Waals surface area (Å²) in [6, 6.07) is 13.9. The average Bonchev–Trinajstić information content (AvgIpc) is 3.33. The Kier molecular flexibility index (Phi) is 7.08. The molecule has 0 bridgehead atoms. The number of hydrogen-bond donors (Lipinski definition) is 2. The molecule has 184 valence electrons. The number of nitrogens with zero attached hydrogens (tertiary/aromatic N) is 1. The second kappa shape index (κ2) is 10.6. The first kappa shape index (κ1) is 23.5. The van der Waals surface area contributed by atoms with E-state index in [0.717, 1.165) is 46.6 Å². The summed E-state index contributed by atoms with van der Waals surface area (Å²) in [6.45, 7) is 3.71. The number of ether oxygens (including phenoxy) is 3. The molecule has 1 aliphatic carbocycles. The first-order valence-corrected chi connectivity index (χ1v) is 12.7. The SMILES string of the molecule is CCOc1ccc2[nH]c(=O)c(CN(Cc3ccc4c(c3)OCO4)C(=S)NC3CCCCC3)cc2c1. The minimum atomic E-state index is -0.113. The fourth-order valence-electron chi connectivity index (χ4n) is 4.78. The third kappa shape index (κ3) is 5.53. The van der Waals surface area contributed by atoms with E-state index in [1.165, 1.54) is 19.3 Å². The molecule has 7 nitrogen and oxygen atoms in total. The Labute approximate surface area is 210 Å². The van der Waals surface area contributed by atoms with Gasteiger partial charge in [0, 0.05) is 29.1 Å². The van der Waals surface area contributed by atoms with Crippen molar-refractivity contribution in [3.8, 4) is 17.2 Å². The molecule has 5 rings (SSSR count). The summed E-state index contributed by atoms with van der Waals surface area (Å²) < 4.78 is 16.7. The van der Waals surface area contributed by atoms with Crippen molar-refractivity contribution in [3.63, 3.8) is 0 Å². The molecule has 1 saturated carbocycles. The van der Waals surface area contributed by atoms with Crippen molar-refractivity contribution in [2.24, 2.45) is 0 Å². The molecule has 35 heavy (non-hydrogen) atoms. The minimum Gasteiger partial charge on any atom is -0.494 e. The number of aromatic nitrogens is 1. The van der Waals surface area contributed by atoms with Gasteiger partial charge in [0.05, 0.1) is 13.2 Å². The van der Waals surface area contributed by atoms with Crippen LogP contribution in [-0.4, -0.2) is 34.4 Å². The van der Waals surface area contributed by atoms with E-state index >= 15 is 0 Å². The predicted molar refractivity (Wildman–Crippen MR) is 140 cm³/mol. The lowest BCUT2D eigenvalue weighted by atomic mass is 9.96. The van der Waals surface area contributed by atoms with Gasteiger partial charge in [0.25, 0.3) is 5.56 Å². The van der Waals surface area contributed by atoms with E-state index < -0.39 is 0 Å². The fourth-order valence-corrected chi connectivity index (χ4v) is 5.08. The van der Waals surface area contributed by atoms with E-state index in [9.17, 15) is 4.79 Å². The monoisotopic (exact) mass is 493 g/mol. The highest BCUT2D eigenvalue weighted by Gasteiger charge is 2.21. The van der Waals surface area contributed by atoms with Crippen LogP contribution in [0.4, 0.5) is 0 Å². The highest BCUT2D eigenvalue weighted by atomic mass is 32.1. The van der Waals surface area contributed by atoms with Crippen LogP contribution in [0.1, 0.15) is 50.2 Å². The molecule has 0 radical (unpaired) electrons. The van der Waals surface area contributed by atoms with Crippen molar-refractivity contribution in [2.75, 3.05) is 13.4 Å². The molecule has 1 aliphatic heterocycles. The van der Waals surface area contributed by atoms with Crippen LogP contribution in [0.25, 0.3) is 10.9 Å². The van der Waals surface area contributed by atoms with Gasteiger partial charge in [-0.2, -0.15) is 0 Å². The summed E-state index contributed by atoms with van der Waals surface area (Å²) in [7, 11) is 0. The molecule has 0 unspecified atom stereocenters. The number of pyridine rings is 1. The van der Waals surface area contributed by atoms with Crippen molar-refractivity contribution in [1.82, 2.24) is 15.2 Å². The summed E-state index contributed by atoms with van der Waals surface area (Å²) >= 11 is 5.87. The molecule has 8 heteroatoms. The van der Waals surface area contributed by atoms with Gasteiger partial charge in [0.15, 0.2) is 16.6 Å². The maximum absolute atomic E-state index is 13.0. The van der Waals surface area contributed by atoms with Gasteiger partial charge in [-0.3, -0.25) is 4.79 Å². The molecule has 2 N–H and O–H groups in total. The predicted octanol–water partition coefficient (Wildman–Crippen LogP) is 4.86. The van der Waals surface area contributed by atoms with Crippen LogP contribution in [0.15, 0.2) is 47.3 Å². The summed E-state index contributed by atoms with van der Waals surface area (Å²) in [4.78, 5) is 18.1. The zero-order valence-electron chi connectivity index (χ0n) is 20.0. The molecule has 0 atom stereocenters. The number of benzene rings is 2. The average molecular weight is 494 g/mol. The lowest BCUT2D eigenvalue weighted by Crippen LogP contribution is -2.45. The molecular weight excluding hydrogens is 462 g/mol. The Balaban J connectivity index is 1.42. The third-order valence-electron chi connectivity index (χ3n) is 6.60. The van der Waals surface area contributed by atoms with Crippen molar-refractivity contribution in [2.45, 2.75) is 58.2 Å². The fraction of sp³-hybridized carbons (Fsp3) is 0.407. The summed E-state index contributed by atoms with van der Waals surface area (Å²) in [5.74, 6) is 2.27. The number of thiocarbonyl (C=S) groups is 1. The molecule has 0 saturated heterocycles. The van der Waals surface area contributed by atoms with Crippen LogP contribution in [-0.2, 0) is 13.1 Å². The number of rotatable bonds is 7. The van der Waals surface area contributed by atoms with E-state index in [0.29, 0.717) is 36.4 Å². The van der Waals surface area contributed by atoms with E-state index in [4.69, 9.17) is 26.4 Å². The van der Waals surface area contributed by atoms with Gasteiger partial charge in [-0.1, -0.05) is 25.3 Å². The van der Waals surface area contributed by atoms with Crippen LogP contribution in [0.2, 0.25) is 0 Å². The van der Waals surface area contributed by atoms with E-state index in [1.54, 1.807) is 0 Å². The Morgan fingerprint density at radius 2 is 1.91 bits per heavy atom. The smallest absolute Gasteiger partial charge is 0.253 e. The molecule has 2 heterocycles. The maximum atomic E-state index is 13.0. The molecule has 0 spiro atoms. The number of aromatic amines is 1. The van der Waals surface area contributed by atoms with Gasteiger partial charge in [-0.25, -0.2) is 0 Å². The third-order valence-corrected chi connectivity index (χ3v) is 6.97. The Morgan fingerprint density at radius 1 is 1.09 bits per heavy atom. The zero-order valence-corrected chi connectivity index (χ0v) is 20.8. The summed E-state index contributed by atoms with van der Waals surface area (Å²) in [6.07, 6.45) is 5.95. The van der Waals surface area contributed by atoms with Gasteiger partial charge < -0.3 is 29.4 Å². The quantitative estimate of drug-likeness (QED) is 0.455. The molecule has 0 amide bonds. The first-order valence-electron chi connectivity index (χ1n) is 12.3. The normalized spacial score (nSPS) is 15.2. The Hall–Kier alpha value is -3.26. The van der Waals surface area contributed by atoms with E-state index in [2.05, 4.69) is 15.2 Å². The number of nitrogens with one attached hydrogen (secondary N) is 2. The second-order valence-electron chi connectivity index (χ2n) is 9.13. The number of hydrogen-bond acceptors (Lipinski definition) is 5. The summed E-state index contributed by atoms with van der Waals surface area (Å²) in [5, 5.41) is 5.16. The molecule has 3 aromatic rings. The number of fused-ring (bicyclic) bond motifs is 2. The van der Waals surface area contributed by atoms with Gasteiger partial charge in [0.1, 0.15) is 5.75 Å². The van der Waals surface area contributed by atoms with Crippen LogP contribution in [0.5, 0.6) is 17.2 Å². The second-order valence-corrected chi connectivity index (χ2v) is 9.52. The van der Waals surface area contributed by atoms with Crippen molar-refractivity contribution in [1.29, 1.82) is 0 Å². The van der Waals surface area contributed by atoms with E-state index in [1.807, 2.05) is 49.4 Å². The van der Waals surface area contributed by atoms with Crippen LogP contribution in [0, 0.1) is 0 Å². The largest absolute Gasteiger partial charge is 0.494 e. The van der Waals surface area contributed by atoms with Crippen LogP contribution >= 0.6 is 12.2 Å². The molecule has 1 aromatic heterocycles. The highest BCUT2D eigenvalue weighted by molar-refractivity contribution is 7.80. The zero-order chi connectivity index (χ0) is 24.2. The van der Waals surface area contributed by atoms with Gasteiger partial charge >= 0.3 is 0 Å². The van der Waals surface area contributed by atoms with Gasteiger partial charge in [0.2, 0.25) is 6.79 Å². The van der Waals surface area contributed by atoms with Crippen molar-refractivity contribution >= 4 is 28.2 Å². The van der Waals surface area contributed by atoms with Crippen molar-refractivity contribution < 1.29 is 14.2 Å². The van der Waals surface area contributed by atoms with Gasteiger partial charge in [-0.05, 0) is 73.9 Å². The molecule has 2 aliphatic rings. The van der Waals surface area contributed by atoms with Crippen LogP contribution in [0.3, 0.4) is 0 Å². The van der Waals surface area contributed by atoms with Crippen molar-refractivity contribution in [3.05, 3.63) is 63.9 Å². The minimum absolute atomic E-state index is 0.113. The standard InChI is InChI=1S/C27H31N3O4S/c1-2-32-22-9-10-23-19(14-22)13-20(26(31)29-23)16-30(27(35)28-21-6-4-3-5-7-21)15-18-8-11-24-25(12-18)34-17-33-24/h8-14,21H,2-7,15-17H2,1H3,(H,28,35)(H,29,31). The summed E-state index contributed by atoms with van der Waals surface area (Å²) in [5.41, 5.74) is 2.36.